The lowest BCUT2D eigenvalue weighted by Gasteiger charge is -2.21. The van der Waals surface area contributed by atoms with Crippen LogP contribution in [-0.2, 0) is 11.3 Å². The molecule has 1 atom stereocenters. The highest BCUT2D eigenvalue weighted by Crippen LogP contribution is 2.37. The molecule has 0 unspecified atom stereocenters. The number of nitro benzene ring substituents is 1. The van der Waals surface area contributed by atoms with Gasteiger partial charge in [-0.05, 0) is 47.7 Å². The summed E-state index contributed by atoms with van der Waals surface area (Å²) in [6.45, 7) is 2.04. The van der Waals surface area contributed by atoms with Gasteiger partial charge in [0.1, 0.15) is 5.82 Å². The van der Waals surface area contributed by atoms with Crippen molar-refractivity contribution in [1.82, 2.24) is 9.47 Å². The summed E-state index contributed by atoms with van der Waals surface area (Å²) in [5.74, 6) is -0.786. The van der Waals surface area contributed by atoms with Crippen LogP contribution in [0.5, 0.6) is 0 Å². The van der Waals surface area contributed by atoms with Crippen molar-refractivity contribution in [2.24, 2.45) is 0 Å². The molecule has 1 aromatic heterocycles. The average molecular weight is 472 g/mol. The maximum atomic E-state index is 14.3. The van der Waals surface area contributed by atoms with E-state index in [-0.39, 0.29) is 23.8 Å². The zero-order valence-corrected chi connectivity index (χ0v) is 19.3. The number of hydrogen-bond acceptors (Lipinski definition) is 3. The molecule has 7 heteroatoms. The number of nitro groups is 1. The maximum Gasteiger partial charge on any atom is 0.270 e. The first kappa shape index (κ1) is 22.8. The molecule has 1 saturated heterocycles. The summed E-state index contributed by atoms with van der Waals surface area (Å²) >= 11 is 0. The molecule has 1 fully saturated rings. The van der Waals surface area contributed by atoms with Crippen molar-refractivity contribution >= 4 is 22.5 Å². The molecule has 35 heavy (non-hydrogen) atoms. The summed E-state index contributed by atoms with van der Waals surface area (Å²) in [7, 11) is 0. The van der Waals surface area contributed by atoms with Gasteiger partial charge >= 0.3 is 0 Å². The number of hydrogen-bond donors (Lipinski definition) is 0. The fourth-order valence-electron chi connectivity index (χ4n) is 5.02. The third-order valence-electron chi connectivity index (χ3n) is 6.77. The number of fused-ring (bicyclic) bond motifs is 1. The van der Waals surface area contributed by atoms with E-state index in [1.165, 1.54) is 18.2 Å². The molecule has 5 rings (SSSR count). The number of rotatable bonds is 7. The first-order valence-electron chi connectivity index (χ1n) is 11.8. The highest BCUT2D eigenvalue weighted by atomic mass is 19.1. The van der Waals surface area contributed by atoms with Crippen molar-refractivity contribution in [3.05, 3.63) is 112 Å². The van der Waals surface area contributed by atoms with Gasteiger partial charge in [0.2, 0.25) is 5.91 Å². The Morgan fingerprint density at radius 1 is 1.00 bits per heavy atom. The number of non-ortho nitro benzene ring substituents is 1. The molecule has 0 bridgehead atoms. The highest BCUT2D eigenvalue weighted by molar-refractivity contribution is 5.88. The monoisotopic (exact) mass is 471 g/mol. The van der Waals surface area contributed by atoms with E-state index < -0.39 is 10.8 Å². The van der Waals surface area contributed by atoms with Gasteiger partial charge in [-0.25, -0.2) is 4.39 Å². The molecular formula is C28H26FN3O3. The van der Waals surface area contributed by atoms with Gasteiger partial charge in [0.15, 0.2) is 0 Å². The van der Waals surface area contributed by atoms with Gasteiger partial charge < -0.3 is 9.47 Å². The fourth-order valence-corrected chi connectivity index (χ4v) is 5.02. The Balaban J connectivity index is 1.65. The van der Waals surface area contributed by atoms with Gasteiger partial charge in [0.25, 0.3) is 5.69 Å². The fraction of sp³-hybridized carbons (Fsp3) is 0.250. The van der Waals surface area contributed by atoms with Crippen LogP contribution in [0.25, 0.3) is 10.9 Å². The molecular weight excluding hydrogens is 445 g/mol. The second-order valence-corrected chi connectivity index (χ2v) is 9.06. The van der Waals surface area contributed by atoms with E-state index in [4.69, 9.17) is 0 Å². The molecule has 0 radical (unpaired) electrons. The molecule has 1 aliphatic rings. The van der Waals surface area contributed by atoms with Crippen LogP contribution in [0.3, 0.4) is 0 Å². The smallest absolute Gasteiger partial charge is 0.270 e. The Labute approximate surface area is 202 Å². The van der Waals surface area contributed by atoms with Crippen LogP contribution in [0, 0.1) is 15.9 Å². The van der Waals surface area contributed by atoms with Crippen LogP contribution in [0.1, 0.15) is 41.9 Å². The minimum absolute atomic E-state index is 0.0138. The lowest BCUT2D eigenvalue weighted by molar-refractivity contribution is -0.384. The van der Waals surface area contributed by atoms with Crippen molar-refractivity contribution in [2.75, 3.05) is 13.1 Å². The van der Waals surface area contributed by atoms with Crippen LogP contribution >= 0.6 is 0 Å². The normalized spacial score (nSPS) is 14.4. The van der Waals surface area contributed by atoms with Crippen molar-refractivity contribution in [1.29, 1.82) is 0 Å². The number of halogens is 1. The summed E-state index contributed by atoms with van der Waals surface area (Å²) in [4.78, 5) is 26.2. The molecule has 6 nitrogen and oxygen atoms in total. The molecule has 4 aromatic rings. The predicted molar refractivity (Wildman–Crippen MR) is 133 cm³/mol. The minimum atomic E-state index is -0.430. The van der Waals surface area contributed by atoms with E-state index in [0.717, 1.165) is 42.6 Å². The largest absolute Gasteiger partial charge is 0.343 e. The van der Waals surface area contributed by atoms with Gasteiger partial charge in [-0.2, -0.15) is 0 Å². The number of nitrogens with zero attached hydrogens (tertiary/aromatic N) is 3. The quantitative estimate of drug-likeness (QED) is 0.250. The second-order valence-electron chi connectivity index (χ2n) is 9.06. The highest BCUT2D eigenvalue weighted by Gasteiger charge is 2.27. The van der Waals surface area contributed by atoms with Crippen molar-refractivity contribution < 1.29 is 14.1 Å². The van der Waals surface area contributed by atoms with E-state index in [2.05, 4.69) is 4.57 Å². The second kappa shape index (κ2) is 9.70. The van der Waals surface area contributed by atoms with Gasteiger partial charge in [-0.1, -0.05) is 42.5 Å². The molecule has 178 valence electrons. The van der Waals surface area contributed by atoms with Gasteiger partial charge in [-0.15, -0.1) is 0 Å². The number of carbonyl (C=O) groups excluding carboxylic acids is 1. The molecule has 0 N–H and O–H groups in total. The van der Waals surface area contributed by atoms with Crippen molar-refractivity contribution in [3.8, 4) is 0 Å². The molecule has 0 saturated carbocycles. The Morgan fingerprint density at radius 3 is 2.49 bits per heavy atom. The van der Waals surface area contributed by atoms with E-state index in [9.17, 15) is 19.3 Å². The number of likely N-dealkylation sites (tertiary alicyclic amines) is 1. The molecule has 2 heterocycles. The third-order valence-corrected chi connectivity index (χ3v) is 6.77. The number of aromatic nitrogens is 1. The van der Waals surface area contributed by atoms with Crippen LogP contribution in [0.4, 0.5) is 10.1 Å². The zero-order chi connectivity index (χ0) is 24.4. The van der Waals surface area contributed by atoms with Crippen LogP contribution in [0.15, 0.2) is 79.0 Å². The first-order chi connectivity index (χ1) is 17.0. The molecule has 3 aromatic carbocycles. The maximum absolute atomic E-state index is 14.3. The Morgan fingerprint density at radius 2 is 1.77 bits per heavy atom. The first-order valence-corrected chi connectivity index (χ1v) is 11.8. The summed E-state index contributed by atoms with van der Waals surface area (Å²) in [6.07, 6.45) is 4.11. The number of carbonyl (C=O) groups is 1. The number of amides is 1. The predicted octanol–water partition coefficient (Wildman–Crippen LogP) is 5.88. The standard InChI is InChI=1S/C28H26FN3O3/c29-22-10-6-9-21(15-22)24(17-28(33)30-13-4-5-14-30)26-19-31(18-20-7-2-1-3-8-20)27-12-11-23(32(34)35)16-25(26)27/h1-3,6-12,15-16,19,24H,4-5,13-14,17-18H2/t24-/m1/s1. The van der Waals surface area contributed by atoms with Crippen LogP contribution in [-0.4, -0.2) is 33.4 Å². The zero-order valence-electron chi connectivity index (χ0n) is 19.3. The van der Waals surface area contributed by atoms with Gasteiger partial charge in [0.05, 0.1) is 4.92 Å². The van der Waals surface area contributed by atoms with E-state index in [0.29, 0.717) is 17.5 Å². The average Bonchev–Trinajstić information content (AvgIpc) is 3.52. The Hall–Kier alpha value is -4.00. The van der Waals surface area contributed by atoms with Crippen molar-refractivity contribution in [2.45, 2.75) is 31.7 Å². The summed E-state index contributed by atoms with van der Waals surface area (Å²) < 4.78 is 16.3. The number of benzene rings is 3. The lowest BCUT2D eigenvalue weighted by atomic mass is 9.87. The molecule has 0 aliphatic carbocycles. The molecule has 0 spiro atoms. The Bertz CT molecular complexity index is 1380. The lowest BCUT2D eigenvalue weighted by Crippen LogP contribution is -2.29. The van der Waals surface area contributed by atoms with Gasteiger partial charge in [0, 0.05) is 61.2 Å². The molecule has 1 aliphatic heterocycles. The topological polar surface area (TPSA) is 68.4 Å². The van der Waals surface area contributed by atoms with Crippen LogP contribution < -0.4 is 0 Å². The third kappa shape index (κ3) is 4.80. The van der Waals surface area contributed by atoms with Crippen molar-refractivity contribution in [3.63, 3.8) is 0 Å². The minimum Gasteiger partial charge on any atom is -0.343 e. The Kier molecular flexibility index (Phi) is 6.31. The summed E-state index contributed by atoms with van der Waals surface area (Å²) in [6, 6.07) is 21.1. The van der Waals surface area contributed by atoms with E-state index >= 15 is 0 Å². The summed E-state index contributed by atoms with van der Waals surface area (Å²) in [5, 5.41) is 12.3. The van der Waals surface area contributed by atoms with Crippen LogP contribution in [0.2, 0.25) is 0 Å². The van der Waals surface area contributed by atoms with Gasteiger partial charge in [-0.3, -0.25) is 14.9 Å². The molecule has 1 amide bonds. The summed E-state index contributed by atoms with van der Waals surface area (Å²) in [5.41, 5.74) is 3.38. The SMILES string of the molecule is O=C(C[C@H](c1cccc(F)c1)c1cn(Cc2ccccc2)c2ccc([N+](=O)[O-])cc12)N1CCCC1. The van der Waals surface area contributed by atoms with E-state index in [1.54, 1.807) is 18.2 Å². The van der Waals surface area contributed by atoms with E-state index in [1.807, 2.05) is 47.5 Å².